The van der Waals surface area contributed by atoms with Crippen LogP contribution in [0.2, 0.25) is 0 Å². The first kappa shape index (κ1) is 20.4. The molecule has 1 amide bonds. The largest absolute Gasteiger partial charge is 0.371 e. The Morgan fingerprint density at radius 1 is 1.00 bits per heavy atom. The van der Waals surface area contributed by atoms with Crippen molar-refractivity contribution in [3.63, 3.8) is 0 Å². The van der Waals surface area contributed by atoms with Crippen LogP contribution >= 0.6 is 0 Å². The van der Waals surface area contributed by atoms with Gasteiger partial charge in [0.05, 0.1) is 40.2 Å². The molecule has 0 bridgehead atoms. The van der Waals surface area contributed by atoms with Crippen LogP contribution in [-0.4, -0.2) is 27.9 Å². The Morgan fingerprint density at radius 2 is 1.62 bits per heavy atom. The molecule has 0 unspecified atom stereocenters. The van der Waals surface area contributed by atoms with Crippen LogP contribution in [0.1, 0.15) is 41.6 Å². The Morgan fingerprint density at radius 3 is 2.24 bits per heavy atom. The van der Waals surface area contributed by atoms with Crippen LogP contribution < -0.4 is 5.32 Å². The number of hydrogen-bond acceptors (Lipinski definition) is 6. The minimum absolute atomic E-state index is 0.113. The summed E-state index contributed by atoms with van der Waals surface area (Å²) in [6, 6.07) is 12.3. The van der Waals surface area contributed by atoms with Crippen LogP contribution in [-0.2, 0) is 11.3 Å². The maximum Gasteiger partial charge on any atom is 0.277 e. The van der Waals surface area contributed by atoms with Gasteiger partial charge in [-0.1, -0.05) is 43.2 Å². The van der Waals surface area contributed by atoms with E-state index in [-0.39, 0.29) is 17.7 Å². The number of ether oxygens (including phenoxy) is 1. The Bertz CT molecular complexity index is 870. The molecular weight excluding hydrogens is 378 g/mol. The Labute approximate surface area is 167 Å². The van der Waals surface area contributed by atoms with Gasteiger partial charge in [0.15, 0.2) is 0 Å². The second-order valence-corrected chi connectivity index (χ2v) is 6.95. The average Bonchev–Trinajstić information content (AvgIpc) is 2.73. The fraction of sp³-hybridized carbons (Fsp3) is 0.350. The minimum Gasteiger partial charge on any atom is -0.371 e. The quantitative estimate of drug-likeness (QED) is 0.558. The van der Waals surface area contributed by atoms with E-state index in [1.807, 2.05) is 30.3 Å². The molecule has 1 N–H and O–H groups in total. The number of amides is 1. The van der Waals surface area contributed by atoms with Crippen molar-refractivity contribution >= 4 is 17.3 Å². The van der Waals surface area contributed by atoms with Crippen molar-refractivity contribution in [1.82, 2.24) is 5.32 Å². The molecule has 152 valence electrons. The summed E-state index contributed by atoms with van der Waals surface area (Å²) in [5.74, 6) is -0.586. The molecule has 9 heteroatoms. The van der Waals surface area contributed by atoms with Crippen molar-refractivity contribution in [2.45, 2.75) is 44.4 Å². The van der Waals surface area contributed by atoms with E-state index in [1.54, 1.807) is 0 Å². The summed E-state index contributed by atoms with van der Waals surface area (Å²) < 4.78 is 6.01. The number of nitrogens with zero attached hydrogens (tertiary/aromatic N) is 2. The lowest BCUT2D eigenvalue weighted by molar-refractivity contribution is -0.394. The molecule has 0 spiro atoms. The standard InChI is InChI=1S/C20H21N3O6/c24-20(15-10-16(22(25)26)12-17(11-15)23(27)28)21-18-8-4-5-9-19(18)29-13-14-6-2-1-3-7-14/h1-3,6-7,10-12,18-19H,4-5,8-9,13H2,(H,21,24)/t18-,19-/m0/s1. The smallest absolute Gasteiger partial charge is 0.277 e. The first-order valence-electron chi connectivity index (χ1n) is 9.34. The molecule has 0 heterocycles. The van der Waals surface area contributed by atoms with Gasteiger partial charge in [0, 0.05) is 12.1 Å². The number of carbonyl (C=O) groups excluding carboxylic acids is 1. The van der Waals surface area contributed by atoms with Crippen molar-refractivity contribution in [2.75, 3.05) is 0 Å². The molecule has 2 aromatic carbocycles. The van der Waals surface area contributed by atoms with Crippen LogP contribution in [0.4, 0.5) is 11.4 Å². The molecule has 0 aromatic heterocycles. The lowest BCUT2D eigenvalue weighted by atomic mass is 9.92. The first-order valence-corrected chi connectivity index (χ1v) is 9.34. The zero-order valence-electron chi connectivity index (χ0n) is 15.7. The van der Waals surface area contributed by atoms with Gasteiger partial charge in [0.1, 0.15) is 0 Å². The van der Waals surface area contributed by atoms with Crippen molar-refractivity contribution in [3.8, 4) is 0 Å². The summed E-state index contributed by atoms with van der Waals surface area (Å²) in [5, 5.41) is 24.9. The number of hydrogen-bond donors (Lipinski definition) is 1. The summed E-state index contributed by atoms with van der Waals surface area (Å²) in [7, 11) is 0. The van der Waals surface area contributed by atoms with Gasteiger partial charge >= 0.3 is 0 Å². The number of nitro groups is 2. The summed E-state index contributed by atoms with van der Waals surface area (Å²) >= 11 is 0. The van der Waals surface area contributed by atoms with E-state index in [9.17, 15) is 25.0 Å². The molecule has 0 saturated heterocycles. The van der Waals surface area contributed by atoms with E-state index in [0.717, 1.165) is 43.0 Å². The van der Waals surface area contributed by atoms with Crippen molar-refractivity contribution in [2.24, 2.45) is 0 Å². The van der Waals surface area contributed by atoms with Gasteiger partial charge in [-0.2, -0.15) is 0 Å². The van der Waals surface area contributed by atoms with Crippen LogP contribution in [0.5, 0.6) is 0 Å². The summed E-state index contributed by atoms with van der Waals surface area (Å²) in [5.41, 5.74) is -0.0783. The zero-order chi connectivity index (χ0) is 20.8. The van der Waals surface area contributed by atoms with Gasteiger partial charge in [0.25, 0.3) is 17.3 Å². The predicted octanol–water partition coefficient (Wildman–Crippen LogP) is 3.76. The molecule has 0 radical (unpaired) electrons. The molecule has 29 heavy (non-hydrogen) atoms. The lowest BCUT2D eigenvalue weighted by Crippen LogP contribution is -2.46. The number of nitro benzene ring substituents is 2. The SMILES string of the molecule is O=C(N[C@H]1CCCC[C@@H]1OCc1ccccc1)c1cc([N+](=O)[O-])cc([N+](=O)[O-])c1. The topological polar surface area (TPSA) is 125 Å². The number of carbonyl (C=O) groups is 1. The molecule has 1 saturated carbocycles. The average molecular weight is 399 g/mol. The normalized spacial score (nSPS) is 18.8. The van der Waals surface area contributed by atoms with E-state index in [4.69, 9.17) is 4.74 Å². The number of benzene rings is 2. The minimum atomic E-state index is -0.754. The van der Waals surface area contributed by atoms with Gasteiger partial charge in [-0.3, -0.25) is 25.0 Å². The highest BCUT2D eigenvalue weighted by Crippen LogP contribution is 2.25. The molecule has 1 aliphatic carbocycles. The van der Waals surface area contributed by atoms with Gasteiger partial charge in [-0.05, 0) is 18.4 Å². The summed E-state index contributed by atoms with van der Waals surface area (Å²) in [6.45, 7) is 0.417. The highest BCUT2D eigenvalue weighted by molar-refractivity contribution is 5.95. The fourth-order valence-corrected chi connectivity index (χ4v) is 3.43. The highest BCUT2D eigenvalue weighted by Gasteiger charge is 2.29. The Balaban J connectivity index is 1.72. The molecule has 1 aliphatic rings. The molecule has 2 aromatic rings. The highest BCUT2D eigenvalue weighted by atomic mass is 16.6. The first-order chi connectivity index (χ1) is 13.9. The van der Waals surface area contributed by atoms with Gasteiger partial charge in [0.2, 0.25) is 0 Å². The van der Waals surface area contributed by atoms with Crippen molar-refractivity contribution in [1.29, 1.82) is 0 Å². The van der Waals surface area contributed by atoms with Gasteiger partial charge in [-0.15, -0.1) is 0 Å². The van der Waals surface area contributed by atoms with E-state index < -0.39 is 27.1 Å². The molecule has 9 nitrogen and oxygen atoms in total. The lowest BCUT2D eigenvalue weighted by Gasteiger charge is -2.32. The summed E-state index contributed by atoms with van der Waals surface area (Å²) in [6.07, 6.45) is 3.20. The monoisotopic (exact) mass is 399 g/mol. The molecule has 1 fully saturated rings. The van der Waals surface area contributed by atoms with Crippen LogP contribution in [0, 0.1) is 20.2 Å². The summed E-state index contributed by atoms with van der Waals surface area (Å²) in [4.78, 5) is 33.3. The molecular formula is C20H21N3O6. The Hall–Kier alpha value is -3.33. The zero-order valence-corrected chi connectivity index (χ0v) is 15.7. The third-order valence-corrected chi connectivity index (χ3v) is 4.91. The van der Waals surface area contributed by atoms with E-state index in [1.165, 1.54) is 0 Å². The fourth-order valence-electron chi connectivity index (χ4n) is 3.43. The van der Waals surface area contributed by atoms with E-state index in [0.29, 0.717) is 13.0 Å². The number of rotatable bonds is 7. The third-order valence-electron chi connectivity index (χ3n) is 4.91. The van der Waals surface area contributed by atoms with Gasteiger partial charge in [-0.25, -0.2) is 0 Å². The second-order valence-electron chi connectivity index (χ2n) is 6.95. The molecule has 0 aliphatic heterocycles. The van der Waals surface area contributed by atoms with Crippen LogP contribution in [0.3, 0.4) is 0 Å². The van der Waals surface area contributed by atoms with Crippen molar-refractivity contribution < 1.29 is 19.4 Å². The second kappa shape index (κ2) is 9.24. The Kier molecular flexibility index (Phi) is 6.50. The van der Waals surface area contributed by atoms with Gasteiger partial charge < -0.3 is 10.1 Å². The van der Waals surface area contributed by atoms with Crippen LogP contribution in [0.25, 0.3) is 0 Å². The predicted molar refractivity (Wildman–Crippen MR) is 104 cm³/mol. The van der Waals surface area contributed by atoms with E-state index >= 15 is 0 Å². The molecule has 3 rings (SSSR count). The van der Waals surface area contributed by atoms with Crippen molar-refractivity contribution in [3.05, 3.63) is 79.9 Å². The third kappa shape index (κ3) is 5.35. The number of non-ortho nitro benzene ring substituents is 2. The molecule has 2 atom stereocenters. The van der Waals surface area contributed by atoms with E-state index in [2.05, 4.69) is 5.32 Å². The maximum atomic E-state index is 12.7. The maximum absolute atomic E-state index is 12.7. The van der Waals surface area contributed by atoms with Crippen LogP contribution in [0.15, 0.2) is 48.5 Å². The number of nitrogens with one attached hydrogen (secondary N) is 1.